The van der Waals surface area contributed by atoms with E-state index < -0.39 is 16.8 Å². The van der Waals surface area contributed by atoms with Crippen LogP contribution in [0.5, 0.6) is 5.75 Å². The number of fused-ring (bicyclic) bond motifs is 1. The van der Waals surface area contributed by atoms with Gasteiger partial charge in [0.15, 0.2) is 0 Å². The Morgan fingerprint density at radius 3 is 2.90 bits per heavy atom. The molecule has 0 amide bonds. The number of carboxylic acids is 1. The molecule has 21 heavy (non-hydrogen) atoms. The van der Waals surface area contributed by atoms with Crippen molar-refractivity contribution in [1.29, 1.82) is 0 Å². The van der Waals surface area contributed by atoms with Gasteiger partial charge in [0.2, 0.25) is 0 Å². The zero-order valence-electron chi connectivity index (χ0n) is 12.0. The van der Waals surface area contributed by atoms with E-state index in [1.165, 1.54) is 11.1 Å². The summed E-state index contributed by atoms with van der Waals surface area (Å²) in [5.74, 6) is 1.34. The summed E-state index contributed by atoms with van der Waals surface area (Å²) >= 11 is 0. The normalized spacial score (nSPS) is 19.6. The minimum Gasteiger partial charge on any atom is -0.493 e. The number of hydrogen-bond donors (Lipinski definition) is 1. The van der Waals surface area contributed by atoms with Gasteiger partial charge in [0.25, 0.3) is 0 Å². The molecule has 5 heteroatoms. The average molecular weight is 308 g/mol. The standard InChI is InChI=1S/C16H20O4S/c17-15(18)10-16(5-6-16)11-21(19)8-4-12-1-2-14-13(9-12)3-7-20-14/h1-2,9H,3-8,10-11H2,(H,17,18). The van der Waals surface area contributed by atoms with E-state index in [1.54, 1.807) is 0 Å². The van der Waals surface area contributed by atoms with Crippen molar-refractivity contribution in [3.8, 4) is 5.75 Å². The third kappa shape index (κ3) is 3.64. The van der Waals surface area contributed by atoms with Crippen molar-refractivity contribution in [2.45, 2.75) is 32.1 Å². The molecule has 4 nitrogen and oxygen atoms in total. The Hall–Kier alpha value is -1.36. The Morgan fingerprint density at radius 2 is 2.19 bits per heavy atom. The van der Waals surface area contributed by atoms with Crippen LogP contribution >= 0.6 is 0 Å². The molecule has 1 atom stereocenters. The lowest BCUT2D eigenvalue weighted by molar-refractivity contribution is -0.138. The second-order valence-electron chi connectivity index (χ2n) is 6.15. The van der Waals surface area contributed by atoms with Gasteiger partial charge in [-0.15, -0.1) is 0 Å². The molecule has 0 bridgehead atoms. The van der Waals surface area contributed by atoms with Crippen LogP contribution in [0.3, 0.4) is 0 Å². The zero-order chi connectivity index (χ0) is 14.9. The molecule has 114 valence electrons. The van der Waals surface area contributed by atoms with E-state index in [9.17, 15) is 9.00 Å². The molecule has 1 aliphatic carbocycles. The number of aliphatic carboxylic acids is 1. The van der Waals surface area contributed by atoms with Gasteiger partial charge in [0, 0.05) is 28.7 Å². The lowest BCUT2D eigenvalue weighted by Crippen LogP contribution is -2.18. The van der Waals surface area contributed by atoms with Gasteiger partial charge < -0.3 is 9.84 Å². The van der Waals surface area contributed by atoms with Gasteiger partial charge in [0.05, 0.1) is 13.0 Å². The minimum atomic E-state index is -0.937. The molecule has 0 saturated heterocycles. The predicted octanol–water partition coefficient (Wildman–Crippen LogP) is 2.17. The Kier molecular flexibility index (Phi) is 4.02. The molecule has 1 aliphatic heterocycles. The molecule has 1 aromatic rings. The summed E-state index contributed by atoms with van der Waals surface area (Å²) in [6.07, 6.45) is 3.70. The first-order chi connectivity index (χ1) is 10.1. The van der Waals surface area contributed by atoms with Crippen molar-refractivity contribution in [3.63, 3.8) is 0 Å². The van der Waals surface area contributed by atoms with Crippen molar-refractivity contribution in [2.24, 2.45) is 5.41 Å². The highest BCUT2D eigenvalue weighted by Gasteiger charge is 2.45. The molecule has 1 N–H and O–H groups in total. The molecule has 2 aliphatic rings. The Bertz CT molecular complexity index is 578. The van der Waals surface area contributed by atoms with Crippen molar-refractivity contribution >= 4 is 16.8 Å². The van der Waals surface area contributed by atoms with Crippen molar-refractivity contribution < 1.29 is 18.8 Å². The monoisotopic (exact) mass is 308 g/mol. The molecule has 1 aromatic carbocycles. The number of carboxylic acid groups (broad SMARTS) is 1. The van der Waals surface area contributed by atoms with Crippen LogP contribution in [0.25, 0.3) is 0 Å². The summed E-state index contributed by atoms with van der Waals surface area (Å²) in [5, 5.41) is 8.89. The number of aryl methyl sites for hydroxylation is 1. The fraction of sp³-hybridized carbons (Fsp3) is 0.562. The third-order valence-electron chi connectivity index (χ3n) is 4.32. The molecule has 1 unspecified atom stereocenters. The lowest BCUT2D eigenvalue weighted by atomic mass is 10.1. The van der Waals surface area contributed by atoms with E-state index in [4.69, 9.17) is 9.84 Å². The Balaban J connectivity index is 1.51. The average Bonchev–Trinajstić information content (AvgIpc) is 3.01. The van der Waals surface area contributed by atoms with Gasteiger partial charge in [-0.05, 0) is 41.9 Å². The smallest absolute Gasteiger partial charge is 0.303 e. The molecule has 1 saturated carbocycles. The molecular formula is C16H20O4S. The van der Waals surface area contributed by atoms with Crippen LogP contribution in [0.2, 0.25) is 0 Å². The van der Waals surface area contributed by atoms with Gasteiger partial charge >= 0.3 is 5.97 Å². The molecule has 1 fully saturated rings. The summed E-state index contributed by atoms with van der Waals surface area (Å²) in [4.78, 5) is 10.8. The van der Waals surface area contributed by atoms with Crippen molar-refractivity contribution in [2.75, 3.05) is 18.1 Å². The maximum absolute atomic E-state index is 12.2. The van der Waals surface area contributed by atoms with Crippen LogP contribution in [0.4, 0.5) is 0 Å². The quantitative estimate of drug-likeness (QED) is 0.838. The van der Waals surface area contributed by atoms with Crippen LogP contribution in [0, 0.1) is 5.41 Å². The summed E-state index contributed by atoms with van der Waals surface area (Å²) in [6, 6.07) is 6.17. The molecule has 0 spiro atoms. The van der Waals surface area contributed by atoms with Crippen LogP contribution in [-0.4, -0.2) is 33.4 Å². The molecule has 0 radical (unpaired) electrons. The van der Waals surface area contributed by atoms with Gasteiger partial charge in [-0.3, -0.25) is 9.00 Å². The van der Waals surface area contributed by atoms with Gasteiger partial charge in [-0.1, -0.05) is 12.1 Å². The van der Waals surface area contributed by atoms with Gasteiger partial charge in [-0.2, -0.15) is 0 Å². The number of benzene rings is 1. The Morgan fingerprint density at radius 1 is 1.38 bits per heavy atom. The summed E-state index contributed by atoms with van der Waals surface area (Å²) < 4.78 is 17.7. The molecule has 3 rings (SSSR count). The zero-order valence-corrected chi connectivity index (χ0v) is 12.8. The second-order valence-corrected chi connectivity index (χ2v) is 7.73. The fourth-order valence-corrected chi connectivity index (χ4v) is 4.59. The first kappa shape index (κ1) is 14.6. The number of ether oxygens (including phenoxy) is 1. The van der Waals surface area contributed by atoms with E-state index in [1.807, 2.05) is 12.1 Å². The number of rotatable bonds is 7. The molecule has 0 aromatic heterocycles. The van der Waals surface area contributed by atoms with Crippen LogP contribution in [0.15, 0.2) is 18.2 Å². The maximum atomic E-state index is 12.2. The van der Waals surface area contributed by atoms with E-state index >= 15 is 0 Å². The first-order valence-electron chi connectivity index (χ1n) is 7.38. The number of carbonyl (C=O) groups is 1. The lowest BCUT2D eigenvalue weighted by Gasteiger charge is -2.12. The highest BCUT2D eigenvalue weighted by atomic mass is 32.2. The molecule has 1 heterocycles. The van der Waals surface area contributed by atoms with Crippen molar-refractivity contribution in [1.82, 2.24) is 0 Å². The second kappa shape index (κ2) is 5.79. The highest BCUT2D eigenvalue weighted by molar-refractivity contribution is 7.85. The first-order valence-corrected chi connectivity index (χ1v) is 8.87. The van der Waals surface area contributed by atoms with E-state index in [-0.39, 0.29) is 11.8 Å². The van der Waals surface area contributed by atoms with E-state index in [0.717, 1.165) is 38.0 Å². The van der Waals surface area contributed by atoms with Crippen molar-refractivity contribution in [3.05, 3.63) is 29.3 Å². The largest absolute Gasteiger partial charge is 0.493 e. The molecular weight excluding hydrogens is 288 g/mol. The van der Waals surface area contributed by atoms with Gasteiger partial charge in [-0.25, -0.2) is 0 Å². The van der Waals surface area contributed by atoms with E-state index in [0.29, 0.717) is 11.5 Å². The van der Waals surface area contributed by atoms with Crippen LogP contribution in [0.1, 0.15) is 30.4 Å². The SMILES string of the molecule is O=C(O)CC1(CS(=O)CCc2ccc3c(c2)CCO3)CC1. The topological polar surface area (TPSA) is 63.6 Å². The van der Waals surface area contributed by atoms with Gasteiger partial charge in [0.1, 0.15) is 5.75 Å². The predicted molar refractivity (Wildman–Crippen MR) is 81.1 cm³/mol. The highest BCUT2D eigenvalue weighted by Crippen LogP contribution is 2.49. The fourth-order valence-electron chi connectivity index (χ4n) is 2.91. The maximum Gasteiger partial charge on any atom is 0.303 e. The van der Waals surface area contributed by atoms with E-state index in [2.05, 4.69) is 6.07 Å². The van der Waals surface area contributed by atoms with Crippen LogP contribution < -0.4 is 4.74 Å². The Labute approximate surface area is 127 Å². The summed E-state index contributed by atoms with van der Waals surface area (Å²) in [7, 11) is -0.937. The van der Waals surface area contributed by atoms with Crippen LogP contribution in [-0.2, 0) is 28.4 Å². The third-order valence-corrected chi connectivity index (χ3v) is 5.92. The number of hydrogen-bond acceptors (Lipinski definition) is 3. The summed E-state index contributed by atoms with van der Waals surface area (Å²) in [6.45, 7) is 0.752. The summed E-state index contributed by atoms with van der Waals surface area (Å²) in [5.41, 5.74) is 2.25. The minimum absolute atomic E-state index is 0.162.